The van der Waals surface area contributed by atoms with Crippen molar-refractivity contribution < 1.29 is 18.0 Å². The van der Waals surface area contributed by atoms with Gasteiger partial charge < -0.3 is 10.2 Å². The summed E-state index contributed by atoms with van der Waals surface area (Å²) < 4.78 is 26.8. The van der Waals surface area contributed by atoms with Crippen LogP contribution in [-0.4, -0.2) is 50.5 Å². The molecule has 0 heterocycles. The summed E-state index contributed by atoms with van der Waals surface area (Å²) in [5.74, 6) is -0.120. The molecule has 0 aromatic heterocycles. The van der Waals surface area contributed by atoms with Gasteiger partial charge in [0.05, 0.1) is 11.9 Å². The summed E-state index contributed by atoms with van der Waals surface area (Å²) in [4.78, 5) is 29.2. The number of amides is 2. The highest BCUT2D eigenvalue weighted by atomic mass is 32.2. The average molecular weight is 592 g/mol. The number of carbonyl (C=O) groups is 2. The van der Waals surface area contributed by atoms with Gasteiger partial charge in [0, 0.05) is 32.5 Å². The summed E-state index contributed by atoms with van der Waals surface area (Å²) in [7, 11) is -3.56. The van der Waals surface area contributed by atoms with Gasteiger partial charge in [-0.2, -0.15) is 0 Å². The van der Waals surface area contributed by atoms with Crippen molar-refractivity contribution in [2.24, 2.45) is 5.92 Å². The molecule has 0 saturated carbocycles. The van der Waals surface area contributed by atoms with Crippen molar-refractivity contribution in [3.63, 3.8) is 0 Å². The van der Waals surface area contributed by atoms with Crippen molar-refractivity contribution in [2.75, 3.05) is 23.7 Å². The number of sulfonamides is 1. The van der Waals surface area contributed by atoms with E-state index in [0.29, 0.717) is 25.1 Å². The Morgan fingerprint density at radius 2 is 1.52 bits per heavy atom. The van der Waals surface area contributed by atoms with E-state index in [2.05, 4.69) is 5.32 Å². The molecule has 1 atom stereocenters. The predicted octanol–water partition coefficient (Wildman–Crippen LogP) is 5.57. The molecule has 0 radical (unpaired) electrons. The number of carbonyl (C=O) groups excluding carboxylic acids is 2. The fraction of sp³-hybridized carbons (Fsp3) is 0.412. The number of aryl methyl sites for hydroxylation is 3. The molecule has 0 fully saturated rings. The molecule has 0 aliphatic heterocycles. The van der Waals surface area contributed by atoms with Gasteiger partial charge in [-0.25, -0.2) is 8.42 Å². The minimum atomic E-state index is -3.56. The third-order valence-corrected chi connectivity index (χ3v) is 8.55. The fourth-order valence-corrected chi connectivity index (χ4v) is 5.71. The topological polar surface area (TPSA) is 86.8 Å². The van der Waals surface area contributed by atoms with Gasteiger partial charge in [0.25, 0.3) is 0 Å². The van der Waals surface area contributed by atoms with Crippen LogP contribution in [0.3, 0.4) is 0 Å². The van der Waals surface area contributed by atoms with Gasteiger partial charge in [0.15, 0.2) is 0 Å². The standard InChI is InChI=1S/C34H45N3O4S/c1-25(2)23-35-34(39)32(22-29-11-8-7-9-12-29)36(24-30-17-14-26(3)15-18-30)33(38)13-10-20-37(42(6,40)41)31-19-16-27(4)28(5)21-31/h7-9,11-12,14-19,21,25,32H,10,13,20,22-24H2,1-6H3,(H,35,39)/t32-/m1/s1. The lowest BCUT2D eigenvalue weighted by Gasteiger charge is -2.32. The third-order valence-electron chi connectivity index (χ3n) is 7.36. The fourth-order valence-electron chi connectivity index (χ4n) is 4.75. The molecule has 0 aliphatic carbocycles. The first-order chi connectivity index (χ1) is 19.8. The monoisotopic (exact) mass is 591 g/mol. The predicted molar refractivity (Wildman–Crippen MR) is 171 cm³/mol. The van der Waals surface area contributed by atoms with Crippen LogP contribution in [0.25, 0.3) is 0 Å². The SMILES string of the molecule is Cc1ccc(CN(C(=O)CCCN(c2ccc(C)c(C)c2)S(C)(=O)=O)[C@H](Cc2ccccc2)C(=O)NCC(C)C)cc1. The van der Waals surface area contributed by atoms with E-state index >= 15 is 0 Å². The Hall–Kier alpha value is -3.65. The zero-order valence-corrected chi connectivity index (χ0v) is 26.6. The zero-order valence-electron chi connectivity index (χ0n) is 25.8. The first-order valence-electron chi connectivity index (χ1n) is 14.6. The molecule has 3 aromatic carbocycles. The van der Waals surface area contributed by atoms with E-state index in [9.17, 15) is 18.0 Å². The lowest BCUT2D eigenvalue weighted by molar-refractivity contribution is -0.141. The molecule has 226 valence electrons. The van der Waals surface area contributed by atoms with Gasteiger partial charge in [-0.05, 0) is 67.5 Å². The molecule has 0 saturated heterocycles. The van der Waals surface area contributed by atoms with Crippen molar-refractivity contribution in [2.45, 2.75) is 66.5 Å². The number of anilines is 1. The summed E-state index contributed by atoms with van der Waals surface area (Å²) in [5, 5.41) is 3.04. The maximum atomic E-state index is 13.9. The molecule has 0 spiro atoms. The lowest BCUT2D eigenvalue weighted by atomic mass is 10.0. The van der Waals surface area contributed by atoms with Crippen molar-refractivity contribution in [3.05, 3.63) is 101 Å². The quantitative estimate of drug-likeness (QED) is 0.266. The first-order valence-corrected chi connectivity index (χ1v) is 16.4. The Morgan fingerprint density at radius 1 is 0.857 bits per heavy atom. The molecule has 0 unspecified atom stereocenters. The van der Waals surface area contributed by atoms with Crippen LogP contribution in [-0.2, 0) is 32.6 Å². The maximum absolute atomic E-state index is 13.9. The van der Waals surface area contributed by atoms with Crippen molar-refractivity contribution in [1.29, 1.82) is 0 Å². The van der Waals surface area contributed by atoms with Crippen LogP contribution in [0.2, 0.25) is 0 Å². The van der Waals surface area contributed by atoms with Crippen LogP contribution < -0.4 is 9.62 Å². The Bertz CT molecular complexity index is 1440. The van der Waals surface area contributed by atoms with Gasteiger partial charge in [0.1, 0.15) is 6.04 Å². The van der Waals surface area contributed by atoms with Gasteiger partial charge in [-0.1, -0.05) is 80.1 Å². The molecule has 0 aliphatic rings. The van der Waals surface area contributed by atoms with E-state index in [0.717, 1.165) is 27.8 Å². The van der Waals surface area contributed by atoms with Crippen LogP contribution in [0.4, 0.5) is 5.69 Å². The third kappa shape index (κ3) is 9.72. The largest absolute Gasteiger partial charge is 0.354 e. The highest BCUT2D eigenvalue weighted by Gasteiger charge is 2.30. The number of rotatable bonds is 14. The second-order valence-corrected chi connectivity index (χ2v) is 13.5. The number of nitrogens with one attached hydrogen (secondary N) is 1. The lowest BCUT2D eigenvalue weighted by Crippen LogP contribution is -2.51. The number of benzene rings is 3. The van der Waals surface area contributed by atoms with Crippen molar-refractivity contribution in [1.82, 2.24) is 10.2 Å². The molecule has 8 heteroatoms. The van der Waals surface area contributed by atoms with Gasteiger partial charge >= 0.3 is 0 Å². The number of nitrogens with zero attached hydrogens (tertiary/aromatic N) is 2. The molecule has 3 aromatic rings. The van der Waals surface area contributed by atoms with Crippen LogP contribution in [0.5, 0.6) is 0 Å². The summed E-state index contributed by atoms with van der Waals surface area (Å²) in [6.07, 6.45) is 1.98. The van der Waals surface area contributed by atoms with Crippen molar-refractivity contribution in [3.8, 4) is 0 Å². The van der Waals surface area contributed by atoms with E-state index in [4.69, 9.17) is 0 Å². The van der Waals surface area contributed by atoms with E-state index < -0.39 is 16.1 Å². The minimum absolute atomic E-state index is 0.103. The van der Waals surface area contributed by atoms with Crippen LogP contribution in [0, 0.1) is 26.7 Å². The maximum Gasteiger partial charge on any atom is 0.243 e. The molecule has 42 heavy (non-hydrogen) atoms. The van der Waals surface area contributed by atoms with Crippen LogP contribution >= 0.6 is 0 Å². The van der Waals surface area contributed by atoms with Gasteiger partial charge in [-0.15, -0.1) is 0 Å². The Balaban J connectivity index is 1.88. The van der Waals surface area contributed by atoms with Gasteiger partial charge in [0.2, 0.25) is 21.8 Å². The minimum Gasteiger partial charge on any atom is -0.354 e. The molecule has 0 bridgehead atoms. The van der Waals surface area contributed by atoms with Crippen LogP contribution in [0.1, 0.15) is 54.5 Å². The van der Waals surface area contributed by atoms with Gasteiger partial charge in [-0.3, -0.25) is 13.9 Å². The summed E-state index contributed by atoms with van der Waals surface area (Å²) in [5.41, 5.74) is 5.66. The molecule has 3 rings (SSSR count). The normalized spacial score (nSPS) is 12.2. The molecule has 2 amide bonds. The number of hydrogen-bond donors (Lipinski definition) is 1. The molecular weight excluding hydrogens is 546 g/mol. The zero-order chi connectivity index (χ0) is 30.9. The highest BCUT2D eigenvalue weighted by Crippen LogP contribution is 2.23. The Labute approximate surface area is 252 Å². The average Bonchev–Trinajstić information content (AvgIpc) is 2.94. The highest BCUT2D eigenvalue weighted by molar-refractivity contribution is 7.92. The molecule has 1 N–H and O–H groups in total. The summed E-state index contributed by atoms with van der Waals surface area (Å²) >= 11 is 0. The van der Waals surface area contributed by atoms with E-state index in [1.54, 1.807) is 11.0 Å². The van der Waals surface area contributed by atoms with Crippen LogP contribution in [0.15, 0.2) is 72.8 Å². The molecule has 7 nitrogen and oxygen atoms in total. The summed E-state index contributed by atoms with van der Waals surface area (Å²) in [6, 6.07) is 22.5. The molecular formula is C34H45N3O4S. The Kier molecular flexibility index (Phi) is 11.7. The van der Waals surface area contributed by atoms with E-state index in [1.807, 2.05) is 101 Å². The second kappa shape index (κ2) is 15.0. The smallest absolute Gasteiger partial charge is 0.243 e. The second-order valence-electron chi connectivity index (χ2n) is 11.6. The first kappa shape index (κ1) is 32.9. The summed E-state index contributed by atoms with van der Waals surface area (Å²) in [6.45, 7) is 10.9. The number of hydrogen-bond acceptors (Lipinski definition) is 4. The Morgan fingerprint density at radius 3 is 2.12 bits per heavy atom. The van der Waals surface area contributed by atoms with E-state index in [1.165, 1.54) is 10.6 Å². The van der Waals surface area contributed by atoms with Crippen molar-refractivity contribution >= 4 is 27.5 Å². The van der Waals surface area contributed by atoms with E-state index in [-0.39, 0.29) is 37.2 Å².